The van der Waals surface area contributed by atoms with Crippen molar-refractivity contribution in [3.63, 3.8) is 0 Å². The van der Waals surface area contributed by atoms with E-state index in [1.807, 2.05) is 6.92 Å². The van der Waals surface area contributed by atoms with E-state index in [9.17, 15) is 4.79 Å². The first kappa shape index (κ1) is 24.2. The number of nitrogens with one attached hydrogen (secondary N) is 2. The zero-order chi connectivity index (χ0) is 16.7. The Labute approximate surface area is 164 Å². The Balaban J connectivity index is 0.00000288. The van der Waals surface area contributed by atoms with Crippen molar-refractivity contribution in [3.8, 4) is 0 Å². The standard InChI is InChI=1S/C19H31N3O.2ClH/c1-4-22(5-2)15-17-10-8-16(9-11-17)14-20-18(23)19(3)12-6-7-13-21-19;;/h8-11,21H,4-7,12-15H2,1-3H3,(H,20,23);2*1H. The van der Waals surface area contributed by atoms with Gasteiger partial charge in [-0.05, 0) is 56.9 Å². The van der Waals surface area contributed by atoms with E-state index in [2.05, 4.69) is 53.6 Å². The van der Waals surface area contributed by atoms with Gasteiger partial charge in [-0.2, -0.15) is 0 Å². The fraction of sp³-hybridized carbons (Fsp3) is 0.632. The molecule has 1 aromatic rings. The summed E-state index contributed by atoms with van der Waals surface area (Å²) in [6, 6.07) is 8.58. The molecule has 1 aliphatic rings. The fourth-order valence-corrected chi connectivity index (χ4v) is 3.10. The number of benzene rings is 1. The minimum absolute atomic E-state index is 0. The molecule has 0 bridgehead atoms. The van der Waals surface area contributed by atoms with E-state index in [4.69, 9.17) is 0 Å². The van der Waals surface area contributed by atoms with Crippen LogP contribution in [0.4, 0.5) is 0 Å². The molecule has 0 radical (unpaired) electrons. The van der Waals surface area contributed by atoms with Gasteiger partial charge < -0.3 is 10.6 Å². The number of carbonyl (C=O) groups excluding carboxylic acids is 1. The smallest absolute Gasteiger partial charge is 0.240 e. The minimum Gasteiger partial charge on any atom is -0.350 e. The summed E-state index contributed by atoms with van der Waals surface area (Å²) in [7, 11) is 0. The van der Waals surface area contributed by atoms with Crippen LogP contribution in [0.1, 0.15) is 51.2 Å². The monoisotopic (exact) mass is 389 g/mol. The van der Waals surface area contributed by atoms with E-state index in [0.29, 0.717) is 6.54 Å². The van der Waals surface area contributed by atoms with Gasteiger partial charge in [0.25, 0.3) is 0 Å². The van der Waals surface area contributed by atoms with Gasteiger partial charge in [0, 0.05) is 13.1 Å². The van der Waals surface area contributed by atoms with E-state index in [-0.39, 0.29) is 30.7 Å². The maximum Gasteiger partial charge on any atom is 0.240 e. The van der Waals surface area contributed by atoms with Gasteiger partial charge in [0.2, 0.25) is 5.91 Å². The van der Waals surface area contributed by atoms with Crippen LogP contribution in [0, 0.1) is 0 Å². The lowest BCUT2D eigenvalue weighted by atomic mass is 9.90. The Morgan fingerprint density at radius 2 is 1.72 bits per heavy atom. The minimum atomic E-state index is -0.402. The number of hydrogen-bond donors (Lipinski definition) is 2. The Bertz CT molecular complexity index is 498. The molecule has 2 rings (SSSR count). The number of rotatable bonds is 7. The summed E-state index contributed by atoms with van der Waals surface area (Å²) >= 11 is 0. The molecule has 0 spiro atoms. The molecule has 1 heterocycles. The van der Waals surface area contributed by atoms with Crippen molar-refractivity contribution in [1.29, 1.82) is 0 Å². The van der Waals surface area contributed by atoms with E-state index in [0.717, 1.165) is 51.0 Å². The van der Waals surface area contributed by atoms with Crippen molar-refractivity contribution in [2.24, 2.45) is 0 Å². The van der Waals surface area contributed by atoms with Crippen LogP contribution in [0.5, 0.6) is 0 Å². The molecule has 1 unspecified atom stereocenters. The number of amides is 1. The SMILES string of the molecule is CCN(CC)Cc1ccc(CNC(=O)C2(C)CCCCN2)cc1.Cl.Cl. The van der Waals surface area contributed by atoms with E-state index in [1.165, 1.54) is 5.56 Å². The molecule has 1 aliphatic heterocycles. The number of carbonyl (C=O) groups is 1. The van der Waals surface area contributed by atoms with Gasteiger partial charge in [0.1, 0.15) is 0 Å². The van der Waals surface area contributed by atoms with Crippen molar-refractivity contribution in [2.75, 3.05) is 19.6 Å². The second-order valence-corrected chi connectivity index (χ2v) is 6.68. The molecule has 1 atom stereocenters. The van der Waals surface area contributed by atoms with Crippen molar-refractivity contribution >= 4 is 30.7 Å². The first-order chi connectivity index (χ1) is 11.1. The lowest BCUT2D eigenvalue weighted by Gasteiger charge is -2.33. The molecule has 25 heavy (non-hydrogen) atoms. The van der Waals surface area contributed by atoms with Crippen LogP contribution in [0.15, 0.2) is 24.3 Å². The number of hydrogen-bond acceptors (Lipinski definition) is 3. The normalized spacial score (nSPS) is 19.7. The average Bonchev–Trinajstić information content (AvgIpc) is 2.59. The van der Waals surface area contributed by atoms with Crippen LogP contribution < -0.4 is 10.6 Å². The van der Waals surface area contributed by atoms with E-state index in [1.54, 1.807) is 0 Å². The third-order valence-electron chi connectivity index (χ3n) is 4.90. The van der Waals surface area contributed by atoms with Crippen LogP contribution >= 0.6 is 24.8 Å². The van der Waals surface area contributed by atoms with Crippen molar-refractivity contribution < 1.29 is 4.79 Å². The molecule has 6 heteroatoms. The third kappa shape index (κ3) is 7.14. The Hall–Kier alpha value is -0.810. The summed E-state index contributed by atoms with van der Waals surface area (Å²) in [5, 5.41) is 6.44. The van der Waals surface area contributed by atoms with Crippen molar-refractivity contribution in [1.82, 2.24) is 15.5 Å². The van der Waals surface area contributed by atoms with Gasteiger partial charge in [-0.1, -0.05) is 38.1 Å². The molecule has 0 aliphatic carbocycles. The zero-order valence-electron chi connectivity index (χ0n) is 15.6. The molecule has 2 N–H and O–H groups in total. The Morgan fingerprint density at radius 1 is 1.12 bits per heavy atom. The van der Waals surface area contributed by atoms with Crippen molar-refractivity contribution in [3.05, 3.63) is 35.4 Å². The first-order valence-corrected chi connectivity index (χ1v) is 8.91. The molecular weight excluding hydrogens is 357 g/mol. The van der Waals surface area contributed by atoms with Gasteiger partial charge in [0.05, 0.1) is 5.54 Å². The topological polar surface area (TPSA) is 44.4 Å². The summed E-state index contributed by atoms with van der Waals surface area (Å²) in [5.74, 6) is 0.115. The Morgan fingerprint density at radius 3 is 2.24 bits per heavy atom. The largest absolute Gasteiger partial charge is 0.350 e. The van der Waals surface area contributed by atoms with Gasteiger partial charge in [-0.3, -0.25) is 9.69 Å². The predicted octanol–water partition coefficient (Wildman–Crippen LogP) is 3.52. The molecular formula is C19H33Cl2N3O. The van der Waals surface area contributed by atoms with Crippen LogP contribution in [0.2, 0.25) is 0 Å². The average molecular weight is 390 g/mol. The molecule has 4 nitrogen and oxygen atoms in total. The van der Waals surface area contributed by atoms with Gasteiger partial charge in [-0.25, -0.2) is 0 Å². The van der Waals surface area contributed by atoms with Crippen LogP contribution in [-0.4, -0.2) is 36.0 Å². The number of piperidine rings is 1. The van der Waals surface area contributed by atoms with Crippen LogP contribution in [-0.2, 0) is 17.9 Å². The lowest BCUT2D eigenvalue weighted by molar-refractivity contribution is -0.128. The highest BCUT2D eigenvalue weighted by Crippen LogP contribution is 2.19. The Kier molecular flexibility index (Phi) is 11.4. The molecule has 1 saturated heterocycles. The van der Waals surface area contributed by atoms with E-state index >= 15 is 0 Å². The van der Waals surface area contributed by atoms with Gasteiger partial charge >= 0.3 is 0 Å². The van der Waals surface area contributed by atoms with Gasteiger partial charge in [0.15, 0.2) is 0 Å². The summed E-state index contributed by atoms with van der Waals surface area (Å²) in [5.41, 5.74) is 2.08. The molecule has 1 amide bonds. The maximum atomic E-state index is 12.4. The van der Waals surface area contributed by atoms with Crippen molar-refractivity contribution in [2.45, 2.75) is 58.7 Å². The summed E-state index contributed by atoms with van der Waals surface area (Å²) in [4.78, 5) is 14.8. The quantitative estimate of drug-likeness (QED) is 0.749. The second-order valence-electron chi connectivity index (χ2n) is 6.68. The molecule has 0 aromatic heterocycles. The van der Waals surface area contributed by atoms with E-state index < -0.39 is 5.54 Å². The first-order valence-electron chi connectivity index (χ1n) is 8.91. The second kappa shape index (κ2) is 11.7. The highest BCUT2D eigenvalue weighted by Gasteiger charge is 2.33. The predicted molar refractivity (Wildman–Crippen MR) is 110 cm³/mol. The summed E-state index contributed by atoms with van der Waals surface area (Å²) in [6.07, 6.45) is 3.20. The highest BCUT2D eigenvalue weighted by atomic mass is 35.5. The molecule has 1 fully saturated rings. The number of halogens is 2. The van der Waals surface area contributed by atoms with Crippen LogP contribution in [0.25, 0.3) is 0 Å². The molecule has 144 valence electrons. The maximum absolute atomic E-state index is 12.4. The summed E-state index contributed by atoms with van der Waals surface area (Å²) in [6.45, 7) is 11.0. The number of nitrogens with zero attached hydrogens (tertiary/aromatic N) is 1. The third-order valence-corrected chi connectivity index (χ3v) is 4.90. The van der Waals surface area contributed by atoms with Gasteiger partial charge in [-0.15, -0.1) is 24.8 Å². The fourth-order valence-electron chi connectivity index (χ4n) is 3.10. The lowest BCUT2D eigenvalue weighted by Crippen LogP contribution is -2.56. The molecule has 1 aromatic carbocycles. The summed E-state index contributed by atoms with van der Waals surface area (Å²) < 4.78 is 0. The molecule has 0 saturated carbocycles. The van der Waals surface area contributed by atoms with Crippen LogP contribution in [0.3, 0.4) is 0 Å². The zero-order valence-corrected chi connectivity index (χ0v) is 17.3. The highest BCUT2D eigenvalue weighted by molar-refractivity contribution is 5.86.